The molecule has 9 heteroatoms. The van der Waals surface area contributed by atoms with Crippen molar-refractivity contribution in [3.8, 4) is 11.4 Å². The van der Waals surface area contributed by atoms with Gasteiger partial charge in [-0.05, 0) is 17.3 Å². The molecule has 0 saturated carbocycles. The number of nitrogens with one attached hydrogen (secondary N) is 1. The fourth-order valence-corrected chi connectivity index (χ4v) is 2.08. The number of benzene rings is 1. The highest BCUT2D eigenvalue weighted by Gasteiger charge is 2.38. The van der Waals surface area contributed by atoms with E-state index in [4.69, 9.17) is 9.47 Å². The third kappa shape index (κ3) is 3.24. The summed E-state index contributed by atoms with van der Waals surface area (Å²) in [5, 5.41) is 14.7. The SMILES string of the molecule is Cn1nnc(-c2cccc(NC=C3C(=O)OC(C)(C)OC3=O)c2)n1. The average Bonchev–Trinajstić information content (AvgIpc) is 2.92. The zero-order chi connectivity index (χ0) is 17.3. The van der Waals surface area contributed by atoms with Gasteiger partial charge in [0.15, 0.2) is 5.57 Å². The van der Waals surface area contributed by atoms with Crippen molar-refractivity contribution < 1.29 is 19.1 Å². The highest BCUT2D eigenvalue weighted by Crippen LogP contribution is 2.23. The van der Waals surface area contributed by atoms with Crippen molar-refractivity contribution in [3.05, 3.63) is 36.0 Å². The number of hydrogen-bond acceptors (Lipinski definition) is 8. The molecule has 0 atom stereocenters. The van der Waals surface area contributed by atoms with Crippen LogP contribution < -0.4 is 5.32 Å². The highest BCUT2D eigenvalue weighted by atomic mass is 16.7. The van der Waals surface area contributed by atoms with E-state index in [0.717, 1.165) is 5.56 Å². The van der Waals surface area contributed by atoms with Crippen molar-refractivity contribution in [2.24, 2.45) is 7.05 Å². The van der Waals surface area contributed by atoms with Crippen LogP contribution in [0.5, 0.6) is 0 Å². The first-order chi connectivity index (χ1) is 11.3. The van der Waals surface area contributed by atoms with Crippen LogP contribution in [0.3, 0.4) is 0 Å². The van der Waals surface area contributed by atoms with E-state index in [1.807, 2.05) is 6.07 Å². The summed E-state index contributed by atoms with van der Waals surface area (Å²) in [6.45, 7) is 2.98. The number of anilines is 1. The predicted molar refractivity (Wildman–Crippen MR) is 82.2 cm³/mol. The second-order valence-electron chi connectivity index (χ2n) is 5.56. The maximum Gasteiger partial charge on any atom is 0.350 e. The summed E-state index contributed by atoms with van der Waals surface area (Å²) < 4.78 is 10.0. The van der Waals surface area contributed by atoms with Crippen LogP contribution in [0.1, 0.15) is 13.8 Å². The van der Waals surface area contributed by atoms with Crippen molar-refractivity contribution in [3.63, 3.8) is 0 Å². The summed E-state index contributed by atoms with van der Waals surface area (Å²) in [5.74, 6) is -2.28. The van der Waals surface area contributed by atoms with Gasteiger partial charge in [0, 0.05) is 31.3 Å². The number of cyclic esters (lactones) is 2. The zero-order valence-electron chi connectivity index (χ0n) is 13.3. The molecule has 24 heavy (non-hydrogen) atoms. The maximum atomic E-state index is 11.9. The molecule has 0 radical (unpaired) electrons. The maximum absolute atomic E-state index is 11.9. The number of nitrogens with zero attached hydrogens (tertiary/aromatic N) is 4. The molecular weight excluding hydrogens is 314 g/mol. The van der Waals surface area contributed by atoms with Crippen LogP contribution >= 0.6 is 0 Å². The average molecular weight is 329 g/mol. The van der Waals surface area contributed by atoms with E-state index in [2.05, 4.69) is 20.7 Å². The number of carbonyl (C=O) groups is 2. The van der Waals surface area contributed by atoms with Gasteiger partial charge in [-0.1, -0.05) is 12.1 Å². The molecule has 0 bridgehead atoms. The Balaban J connectivity index is 1.79. The molecule has 1 fully saturated rings. The van der Waals surface area contributed by atoms with Gasteiger partial charge in [-0.15, -0.1) is 10.2 Å². The van der Waals surface area contributed by atoms with Gasteiger partial charge in [0.2, 0.25) is 5.82 Å². The topological polar surface area (TPSA) is 108 Å². The third-order valence-corrected chi connectivity index (χ3v) is 3.13. The quantitative estimate of drug-likeness (QED) is 0.505. The van der Waals surface area contributed by atoms with Gasteiger partial charge in [-0.25, -0.2) is 9.59 Å². The smallest absolute Gasteiger partial charge is 0.350 e. The van der Waals surface area contributed by atoms with E-state index < -0.39 is 17.7 Å². The molecule has 1 N–H and O–H groups in total. The molecule has 0 spiro atoms. The number of ether oxygens (including phenoxy) is 2. The monoisotopic (exact) mass is 329 g/mol. The van der Waals surface area contributed by atoms with Gasteiger partial charge in [-0.2, -0.15) is 4.80 Å². The molecule has 0 aliphatic carbocycles. The van der Waals surface area contributed by atoms with E-state index in [-0.39, 0.29) is 5.57 Å². The molecule has 1 aliphatic heterocycles. The van der Waals surface area contributed by atoms with E-state index in [1.165, 1.54) is 24.8 Å². The van der Waals surface area contributed by atoms with Crippen LogP contribution in [0.25, 0.3) is 11.4 Å². The summed E-state index contributed by atoms with van der Waals surface area (Å²) in [5.41, 5.74) is 1.16. The molecule has 1 aliphatic rings. The van der Waals surface area contributed by atoms with Gasteiger partial charge in [0.1, 0.15) is 0 Å². The number of esters is 2. The molecule has 3 rings (SSSR count). The van der Waals surface area contributed by atoms with Crippen molar-refractivity contribution >= 4 is 17.6 Å². The van der Waals surface area contributed by atoms with Gasteiger partial charge in [0.25, 0.3) is 5.79 Å². The first kappa shape index (κ1) is 15.7. The number of rotatable bonds is 3. The van der Waals surface area contributed by atoms with Gasteiger partial charge >= 0.3 is 11.9 Å². The summed E-state index contributed by atoms with van der Waals surface area (Å²) in [4.78, 5) is 25.1. The zero-order valence-corrected chi connectivity index (χ0v) is 13.3. The fraction of sp³-hybridized carbons (Fsp3) is 0.267. The Morgan fingerprint density at radius 2 is 1.92 bits per heavy atom. The minimum Gasteiger partial charge on any atom is -0.419 e. The van der Waals surface area contributed by atoms with Crippen LogP contribution in [-0.2, 0) is 26.1 Å². The number of tetrazole rings is 1. The fourth-order valence-electron chi connectivity index (χ4n) is 2.08. The Morgan fingerprint density at radius 3 is 2.54 bits per heavy atom. The standard InChI is InChI=1S/C15H15N5O4/c1-15(2)23-13(21)11(14(22)24-15)8-16-10-6-4-5-9(7-10)12-17-19-20(3)18-12/h4-8,16H,1-3H3. The van der Waals surface area contributed by atoms with Crippen molar-refractivity contribution in [2.45, 2.75) is 19.6 Å². The first-order valence-corrected chi connectivity index (χ1v) is 7.12. The Labute approximate surface area is 137 Å². The molecule has 1 aromatic heterocycles. The summed E-state index contributed by atoms with van der Waals surface area (Å²) >= 11 is 0. The second kappa shape index (κ2) is 5.76. The molecular formula is C15H15N5O4. The van der Waals surface area contributed by atoms with Gasteiger partial charge in [0.05, 0.1) is 7.05 Å². The first-order valence-electron chi connectivity index (χ1n) is 7.12. The lowest BCUT2D eigenvalue weighted by molar-refractivity contribution is -0.222. The molecule has 2 aromatic rings. The molecule has 124 valence electrons. The Kier molecular flexibility index (Phi) is 3.76. The van der Waals surface area contributed by atoms with Crippen molar-refractivity contribution in [2.75, 3.05) is 5.32 Å². The number of aromatic nitrogens is 4. The lowest BCUT2D eigenvalue weighted by atomic mass is 10.2. The van der Waals surface area contributed by atoms with E-state index >= 15 is 0 Å². The van der Waals surface area contributed by atoms with E-state index in [9.17, 15) is 9.59 Å². The van der Waals surface area contributed by atoms with Gasteiger partial charge in [-0.3, -0.25) is 0 Å². The third-order valence-electron chi connectivity index (χ3n) is 3.13. The largest absolute Gasteiger partial charge is 0.419 e. The van der Waals surface area contributed by atoms with E-state index in [0.29, 0.717) is 11.5 Å². The van der Waals surface area contributed by atoms with Crippen LogP contribution in [0.2, 0.25) is 0 Å². The van der Waals surface area contributed by atoms with Crippen LogP contribution in [-0.4, -0.2) is 37.9 Å². The molecule has 2 heterocycles. The van der Waals surface area contributed by atoms with Gasteiger partial charge < -0.3 is 14.8 Å². The Hall–Kier alpha value is -3.23. The lowest BCUT2D eigenvalue weighted by Crippen LogP contribution is -2.42. The minimum absolute atomic E-state index is 0.211. The van der Waals surface area contributed by atoms with Crippen LogP contribution in [0.4, 0.5) is 5.69 Å². The Morgan fingerprint density at radius 1 is 1.21 bits per heavy atom. The predicted octanol–water partition coefficient (Wildman–Crippen LogP) is 1.01. The normalized spacial score (nSPS) is 16.4. The molecule has 1 aromatic carbocycles. The summed E-state index contributed by atoms with van der Waals surface area (Å²) in [6.07, 6.45) is 1.25. The number of carbonyl (C=O) groups excluding carboxylic acids is 2. The van der Waals surface area contributed by atoms with Crippen LogP contribution in [0, 0.1) is 0 Å². The number of hydrogen-bond donors (Lipinski definition) is 1. The number of aryl methyl sites for hydroxylation is 1. The molecule has 0 unspecified atom stereocenters. The summed E-state index contributed by atoms with van der Waals surface area (Å²) in [7, 11) is 1.67. The van der Waals surface area contributed by atoms with Crippen molar-refractivity contribution in [1.29, 1.82) is 0 Å². The summed E-state index contributed by atoms with van der Waals surface area (Å²) in [6, 6.07) is 7.13. The lowest BCUT2D eigenvalue weighted by Gasteiger charge is -2.29. The minimum atomic E-state index is -1.26. The molecule has 0 amide bonds. The highest BCUT2D eigenvalue weighted by molar-refractivity contribution is 6.15. The van der Waals surface area contributed by atoms with Crippen molar-refractivity contribution in [1.82, 2.24) is 20.2 Å². The second-order valence-corrected chi connectivity index (χ2v) is 5.56. The van der Waals surface area contributed by atoms with Crippen LogP contribution in [0.15, 0.2) is 36.0 Å². The van der Waals surface area contributed by atoms with E-state index in [1.54, 1.807) is 25.2 Å². The molecule has 9 nitrogen and oxygen atoms in total. The molecule has 1 saturated heterocycles. The Bertz CT molecular complexity index is 818.